The summed E-state index contributed by atoms with van der Waals surface area (Å²) in [6.45, 7) is 7.30. The topological polar surface area (TPSA) is 88.1 Å². The van der Waals surface area contributed by atoms with Crippen LogP contribution in [0.4, 0.5) is 11.5 Å². The van der Waals surface area contributed by atoms with Gasteiger partial charge in [0.25, 0.3) is 5.91 Å². The highest BCUT2D eigenvalue weighted by molar-refractivity contribution is 6.09. The van der Waals surface area contributed by atoms with Gasteiger partial charge in [0.2, 0.25) is 0 Å². The van der Waals surface area contributed by atoms with Crippen molar-refractivity contribution in [1.29, 1.82) is 0 Å². The van der Waals surface area contributed by atoms with Crippen molar-refractivity contribution < 1.29 is 14.3 Å². The number of anilines is 2. The SMILES string of the molecule is COc1ccc(OCC(=O)N2CC[C@@]3(C2)Nc2cccnc2NC3=NC(C)(C)C)cc1. The summed E-state index contributed by atoms with van der Waals surface area (Å²) in [6.07, 6.45) is 2.50. The van der Waals surface area contributed by atoms with E-state index in [9.17, 15) is 4.79 Å². The number of nitrogens with one attached hydrogen (secondary N) is 2. The van der Waals surface area contributed by atoms with Crippen molar-refractivity contribution in [3.05, 3.63) is 42.6 Å². The molecule has 1 aromatic carbocycles. The maximum Gasteiger partial charge on any atom is 0.260 e. The predicted molar refractivity (Wildman–Crippen MR) is 121 cm³/mol. The van der Waals surface area contributed by atoms with Crippen molar-refractivity contribution >= 4 is 23.2 Å². The molecule has 1 saturated heterocycles. The molecule has 0 bridgehead atoms. The van der Waals surface area contributed by atoms with Crippen LogP contribution >= 0.6 is 0 Å². The van der Waals surface area contributed by atoms with Gasteiger partial charge in [-0.25, -0.2) is 4.98 Å². The fourth-order valence-corrected chi connectivity index (χ4v) is 3.85. The molecule has 31 heavy (non-hydrogen) atoms. The van der Waals surface area contributed by atoms with E-state index in [1.54, 1.807) is 25.4 Å². The zero-order valence-electron chi connectivity index (χ0n) is 18.4. The van der Waals surface area contributed by atoms with E-state index >= 15 is 0 Å². The Hall–Kier alpha value is -3.29. The van der Waals surface area contributed by atoms with Gasteiger partial charge in [0.15, 0.2) is 12.4 Å². The molecule has 2 aliphatic rings. The molecule has 2 N–H and O–H groups in total. The number of benzene rings is 1. The Morgan fingerprint density at radius 2 is 1.97 bits per heavy atom. The number of fused-ring (bicyclic) bond motifs is 1. The number of carbonyl (C=O) groups is 1. The molecular weight excluding hydrogens is 394 g/mol. The minimum Gasteiger partial charge on any atom is -0.497 e. The van der Waals surface area contributed by atoms with Crippen molar-refractivity contribution in [2.45, 2.75) is 38.3 Å². The van der Waals surface area contributed by atoms with Crippen LogP contribution in [0.5, 0.6) is 11.5 Å². The Kier molecular flexibility index (Phi) is 5.47. The molecule has 1 fully saturated rings. The Labute approximate surface area is 182 Å². The van der Waals surface area contributed by atoms with E-state index in [0.717, 1.165) is 29.5 Å². The summed E-state index contributed by atoms with van der Waals surface area (Å²) in [7, 11) is 1.61. The number of carbonyl (C=O) groups excluding carboxylic acids is 1. The van der Waals surface area contributed by atoms with Crippen molar-refractivity contribution in [2.24, 2.45) is 4.99 Å². The van der Waals surface area contributed by atoms with Gasteiger partial charge >= 0.3 is 0 Å². The highest BCUT2D eigenvalue weighted by Gasteiger charge is 2.47. The fraction of sp³-hybridized carbons (Fsp3) is 0.435. The monoisotopic (exact) mass is 423 g/mol. The highest BCUT2D eigenvalue weighted by atomic mass is 16.5. The average molecular weight is 424 g/mol. The van der Waals surface area contributed by atoms with E-state index in [4.69, 9.17) is 14.5 Å². The normalized spacial score (nSPS) is 21.4. The summed E-state index contributed by atoms with van der Waals surface area (Å²) in [5.74, 6) is 2.90. The molecular formula is C23H29N5O3. The first-order valence-electron chi connectivity index (χ1n) is 10.4. The molecule has 2 aromatic rings. The number of amidine groups is 1. The van der Waals surface area contributed by atoms with Gasteiger partial charge in [-0.2, -0.15) is 0 Å². The molecule has 1 amide bonds. The molecule has 0 radical (unpaired) electrons. The predicted octanol–water partition coefficient (Wildman–Crippen LogP) is 3.17. The number of methoxy groups -OCH3 is 1. The zero-order chi connectivity index (χ0) is 22.1. The van der Waals surface area contributed by atoms with E-state index in [-0.39, 0.29) is 18.1 Å². The molecule has 164 valence electrons. The smallest absolute Gasteiger partial charge is 0.260 e. The molecule has 4 rings (SSSR count). The first-order chi connectivity index (χ1) is 14.8. The van der Waals surface area contributed by atoms with E-state index < -0.39 is 5.54 Å². The number of ether oxygens (including phenoxy) is 2. The number of hydrogen-bond donors (Lipinski definition) is 2. The molecule has 0 aliphatic carbocycles. The quantitative estimate of drug-likeness (QED) is 0.785. The second-order valence-corrected chi connectivity index (χ2v) is 8.89. The van der Waals surface area contributed by atoms with Gasteiger partial charge in [0, 0.05) is 12.7 Å². The van der Waals surface area contributed by atoms with Crippen LogP contribution in [0, 0.1) is 0 Å². The third kappa shape index (κ3) is 4.57. The first-order valence-corrected chi connectivity index (χ1v) is 10.4. The van der Waals surface area contributed by atoms with Crippen LogP contribution in [0.25, 0.3) is 0 Å². The van der Waals surface area contributed by atoms with Gasteiger partial charge in [-0.3, -0.25) is 9.79 Å². The van der Waals surface area contributed by atoms with E-state index in [2.05, 4.69) is 36.4 Å². The van der Waals surface area contributed by atoms with E-state index in [1.165, 1.54) is 0 Å². The van der Waals surface area contributed by atoms with Crippen molar-refractivity contribution in [1.82, 2.24) is 9.88 Å². The van der Waals surface area contributed by atoms with E-state index in [0.29, 0.717) is 18.8 Å². The third-order valence-corrected chi connectivity index (χ3v) is 5.36. The Bertz CT molecular complexity index is 983. The van der Waals surface area contributed by atoms with Crippen LogP contribution in [0.1, 0.15) is 27.2 Å². The molecule has 8 nitrogen and oxygen atoms in total. The largest absolute Gasteiger partial charge is 0.497 e. The van der Waals surface area contributed by atoms with Crippen molar-refractivity contribution in [2.75, 3.05) is 37.4 Å². The van der Waals surface area contributed by atoms with Gasteiger partial charge in [0.05, 0.1) is 24.9 Å². The molecule has 1 atom stereocenters. The minimum absolute atomic E-state index is 0.0142. The van der Waals surface area contributed by atoms with Crippen molar-refractivity contribution in [3.63, 3.8) is 0 Å². The Balaban J connectivity index is 1.48. The number of amides is 1. The lowest BCUT2D eigenvalue weighted by atomic mass is 9.93. The number of aliphatic imine (C=N–C) groups is 1. The van der Waals surface area contributed by atoms with Gasteiger partial charge < -0.3 is 25.0 Å². The number of aromatic nitrogens is 1. The van der Waals surface area contributed by atoms with Crippen LogP contribution in [0.3, 0.4) is 0 Å². The minimum atomic E-state index is -0.473. The second kappa shape index (κ2) is 8.09. The van der Waals surface area contributed by atoms with E-state index in [1.807, 2.05) is 29.2 Å². The lowest BCUT2D eigenvalue weighted by Crippen LogP contribution is -2.55. The van der Waals surface area contributed by atoms with Gasteiger partial charge in [-0.1, -0.05) is 0 Å². The molecule has 1 spiro atoms. The third-order valence-electron chi connectivity index (χ3n) is 5.36. The van der Waals surface area contributed by atoms with Gasteiger partial charge in [-0.15, -0.1) is 0 Å². The maximum atomic E-state index is 12.9. The molecule has 0 saturated carbocycles. The highest BCUT2D eigenvalue weighted by Crippen LogP contribution is 2.36. The van der Waals surface area contributed by atoms with Crippen LogP contribution in [-0.4, -0.2) is 59.5 Å². The van der Waals surface area contributed by atoms with Crippen LogP contribution < -0.4 is 20.1 Å². The maximum absolute atomic E-state index is 12.9. The van der Waals surface area contributed by atoms with Crippen molar-refractivity contribution in [3.8, 4) is 11.5 Å². The molecule has 0 unspecified atom stereocenters. The summed E-state index contributed by atoms with van der Waals surface area (Å²) in [6, 6.07) is 11.1. The van der Waals surface area contributed by atoms with Gasteiger partial charge in [0.1, 0.15) is 22.9 Å². The zero-order valence-corrected chi connectivity index (χ0v) is 18.4. The number of hydrogen-bond acceptors (Lipinski definition) is 6. The molecule has 3 heterocycles. The Morgan fingerprint density at radius 3 is 2.68 bits per heavy atom. The second-order valence-electron chi connectivity index (χ2n) is 8.89. The number of rotatable bonds is 4. The summed E-state index contributed by atoms with van der Waals surface area (Å²) >= 11 is 0. The summed E-state index contributed by atoms with van der Waals surface area (Å²) in [4.78, 5) is 24.1. The van der Waals surface area contributed by atoms with Gasteiger partial charge in [-0.05, 0) is 63.6 Å². The summed E-state index contributed by atoms with van der Waals surface area (Å²) < 4.78 is 10.8. The van der Waals surface area contributed by atoms with Crippen LogP contribution in [-0.2, 0) is 4.79 Å². The lowest BCUT2D eigenvalue weighted by molar-refractivity contribution is -0.132. The molecule has 1 aromatic heterocycles. The first kappa shape index (κ1) is 21.0. The lowest BCUT2D eigenvalue weighted by Gasteiger charge is -2.39. The fourth-order valence-electron chi connectivity index (χ4n) is 3.85. The summed E-state index contributed by atoms with van der Waals surface area (Å²) in [5, 5.41) is 7.02. The molecule has 2 aliphatic heterocycles. The summed E-state index contributed by atoms with van der Waals surface area (Å²) in [5.41, 5.74) is 0.177. The number of likely N-dealkylation sites (tertiary alicyclic amines) is 1. The average Bonchev–Trinajstić information content (AvgIpc) is 3.17. The Morgan fingerprint density at radius 1 is 1.23 bits per heavy atom. The van der Waals surface area contributed by atoms with Crippen LogP contribution in [0.2, 0.25) is 0 Å². The number of nitrogens with zero attached hydrogens (tertiary/aromatic N) is 3. The standard InChI is InChI=1S/C23H29N5O3/c1-22(2,3)27-21-23(26-18-6-5-12-24-20(18)25-21)11-13-28(15-23)19(29)14-31-17-9-7-16(30-4)8-10-17/h5-10,12,26H,11,13-15H2,1-4H3,(H,24,25,27)/t23-/m0/s1. The number of pyridine rings is 1. The molecule has 8 heteroatoms. The van der Waals surface area contributed by atoms with Crippen LogP contribution in [0.15, 0.2) is 47.6 Å².